The molecule has 1 aromatic heterocycles. The highest BCUT2D eigenvalue weighted by atomic mass is 16.3. The van der Waals surface area contributed by atoms with Crippen LogP contribution in [0.5, 0.6) is 0 Å². The van der Waals surface area contributed by atoms with E-state index in [4.69, 9.17) is 5.84 Å². The summed E-state index contributed by atoms with van der Waals surface area (Å²) in [7, 11) is 0. The highest BCUT2D eigenvalue weighted by molar-refractivity contribution is 5.46. The number of β-amino-alcohol motifs (C(OH)–C–C–N with tert-alkyl or cyclic N) is 1. The van der Waals surface area contributed by atoms with Gasteiger partial charge < -0.3 is 14.9 Å². The summed E-state index contributed by atoms with van der Waals surface area (Å²) in [5.74, 6) is 7.09. The third-order valence-electron chi connectivity index (χ3n) is 4.11. The van der Waals surface area contributed by atoms with Crippen molar-refractivity contribution >= 4 is 17.8 Å². The van der Waals surface area contributed by atoms with Crippen molar-refractivity contribution < 1.29 is 5.11 Å². The zero-order chi connectivity index (χ0) is 14.9. The molecule has 8 nitrogen and oxygen atoms in total. The normalized spacial score (nSPS) is 26.2. The first kappa shape index (κ1) is 14.3. The first-order valence-corrected chi connectivity index (χ1v) is 7.52. The molecule has 1 aromatic rings. The minimum absolute atomic E-state index is 0.368. The summed E-state index contributed by atoms with van der Waals surface area (Å²) < 4.78 is 0. The van der Waals surface area contributed by atoms with E-state index in [1.165, 1.54) is 6.42 Å². The summed E-state index contributed by atoms with van der Waals surface area (Å²) in [6.45, 7) is 5.03. The van der Waals surface area contributed by atoms with Gasteiger partial charge in [0.05, 0.1) is 5.60 Å². The fourth-order valence-corrected chi connectivity index (χ4v) is 2.91. The zero-order valence-electron chi connectivity index (χ0n) is 12.4. The number of nitrogens with two attached hydrogens (primary N) is 1. The predicted molar refractivity (Wildman–Crippen MR) is 81.2 cm³/mol. The number of anilines is 3. The van der Waals surface area contributed by atoms with Gasteiger partial charge in [0.15, 0.2) is 0 Å². The van der Waals surface area contributed by atoms with Gasteiger partial charge in [0.1, 0.15) is 0 Å². The van der Waals surface area contributed by atoms with E-state index in [9.17, 15) is 5.11 Å². The standard InChI is InChI=1S/C13H23N7O/c1-13(21)5-8-20(9-13)12-16-10(18-14)15-11(17-12)19-6-3-2-4-7-19/h21H,2-9,14H2,1H3,(H,15,16,17,18). The molecular weight excluding hydrogens is 270 g/mol. The Hall–Kier alpha value is -1.67. The van der Waals surface area contributed by atoms with E-state index in [2.05, 4.69) is 25.3 Å². The molecule has 21 heavy (non-hydrogen) atoms. The van der Waals surface area contributed by atoms with E-state index in [0.717, 1.165) is 32.5 Å². The second kappa shape index (κ2) is 5.61. The van der Waals surface area contributed by atoms with E-state index >= 15 is 0 Å². The molecule has 4 N–H and O–H groups in total. The lowest BCUT2D eigenvalue weighted by molar-refractivity contribution is 0.0838. The molecule has 2 saturated heterocycles. The van der Waals surface area contributed by atoms with E-state index < -0.39 is 5.60 Å². The molecule has 3 heterocycles. The number of hydrogen-bond donors (Lipinski definition) is 3. The van der Waals surface area contributed by atoms with Crippen molar-refractivity contribution in [1.82, 2.24) is 15.0 Å². The van der Waals surface area contributed by atoms with E-state index in [-0.39, 0.29) is 0 Å². The lowest BCUT2D eigenvalue weighted by Crippen LogP contribution is -2.34. The van der Waals surface area contributed by atoms with Crippen LogP contribution in [0.15, 0.2) is 0 Å². The maximum atomic E-state index is 10.1. The average Bonchev–Trinajstić information content (AvgIpc) is 2.88. The quantitative estimate of drug-likeness (QED) is 0.533. The Bertz CT molecular complexity index is 501. The number of rotatable bonds is 3. The topological polar surface area (TPSA) is 103 Å². The highest BCUT2D eigenvalue weighted by Crippen LogP contribution is 2.26. The molecule has 0 aromatic carbocycles. The van der Waals surface area contributed by atoms with Gasteiger partial charge in [-0.3, -0.25) is 5.43 Å². The summed E-state index contributed by atoms with van der Waals surface area (Å²) in [6, 6.07) is 0. The van der Waals surface area contributed by atoms with E-state index in [1.807, 2.05) is 11.8 Å². The van der Waals surface area contributed by atoms with Crippen molar-refractivity contribution in [3.63, 3.8) is 0 Å². The van der Waals surface area contributed by atoms with Crippen LogP contribution in [0.3, 0.4) is 0 Å². The molecule has 8 heteroatoms. The molecule has 1 atom stereocenters. The average molecular weight is 293 g/mol. The molecule has 0 radical (unpaired) electrons. The van der Waals surface area contributed by atoms with Crippen molar-refractivity contribution in [3.05, 3.63) is 0 Å². The number of aromatic nitrogens is 3. The van der Waals surface area contributed by atoms with Crippen LogP contribution in [0.4, 0.5) is 17.8 Å². The number of nitrogens with zero attached hydrogens (tertiary/aromatic N) is 5. The Morgan fingerprint density at radius 1 is 1.05 bits per heavy atom. The fraction of sp³-hybridized carbons (Fsp3) is 0.769. The van der Waals surface area contributed by atoms with Crippen molar-refractivity contribution in [2.75, 3.05) is 41.4 Å². The Kier molecular flexibility index (Phi) is 3.81. The van der Waals surface area contributed by atoms with Crippen molar-refractivity contribution in [1.29, 1.82) is 0 Å². The third kappa shape index (κ3) is 3.16. The minimum atomic E-state index is -0.686. The van der Waals surface area contributed by atoms with E-state index in [0.29, 0.717) is 30.8 Å². The second-order valence-corrected chi connectivity index (χ2v) is 6.12. The Morgan fingerprint density at radius 2 is 1.71 bits per heavy atom. The molecule has 1 unspecified atom stereocenters. The van der Waals surface area contributed by atoms with Crippen molar-refractivity contribution in [2.24, 2.45) is 5.84 Å². The molecule has 2 aliphatic heterocycles. The van der Waals surface area contributed by atoms with Gasteiger partial charge in [0.2, 0.25) is 17.8 Å². The Balaban J connectivity index is 1.86. The fourth-order valence-electron chi connectivity index (χ4n) is 2.91. The number of hydrogen-bond acceptors (Lipinski definition) is 8. The van der Waals surface area contributed by atoms with Crippen LogP contribution in [-0.4, -0.2) is 51.8 Å². The first-order chi connectivity index (χ1) is 10.1. The number of nitrogen functional groups attached to an aromatic ring is 1. The largest absolute Gasteiger partial charge is 0.388 e. The van der Waals surface area contributed by atoms with Gasteiger partial charge >= 0.3 is 0 Å². The predicted octanol–water partition coefficient (Wildman–Crippen LogP) is 0.109. The lowest BCUT2D eigenvalue weighted by atomic mass is 10.1. The molecule has 2 fully saturated rings. The van der Waals surface area contributed by atoms with Crippen LogP contribution >= 0.6 is 0 Å². The van der Waals surface area contributed by atoms with Crippen LogP contribution in [0.2, 0.25) is 0 Å². The highest BCUT2D eigenvalue weighted by Gasteiger charge is 2.33. The number of hydrazine groups is 1. The summed E-state index contributed by atoms with van der Waals surface area (Å²) in [6.07, 6.45) is 4.28. The molecule has 0 aliphatic carbocycles. The Labute approximate surface area is 124 Å². The van der Waals surface area contributed by atoms with E-state index in [1.54, 1.807) is 0 Å². The van der Waals surface area contributed by atoms with Crippen LogP contribution in [0, 0.1) is 0 Å². The molecular formula is C13H23N7O. The zero-order valence-corrected chi connectivity index (χ0v) is 12.4. The SMILES string of the molecule is CC1(O)CCN(c2nc(NN)nc(N3CCCCC3)n2)C1. The number of aliphatic hydroxyl groups is 1. The van der Waals surface area contributed by atoms with Crippen molar-refractivity contribution in [2.45, 2.75) is 38.2 Å². The van der Waals surface area contributed by atoms with Gasteiger partial charge in [-0.2, -0.15) is 15.0 Å². The molecule has 2 aliphatic rings. The molecule has 0 bridgehead atoms. The summed E-state index contributed by atoms with van der Waals surface area (Å²) >= 11 is 0. The monoisotopic (exact) mass is 293 g/mol. The lowest BCUT2D eigenvalue weighted by Gasteiger charge is -2.28. The molecule has 0 saturated carbocycles. The number of nitrogens with one attached hydrogen (secondary N) is 1. The summed E-state index contributed by atoms with van der Waals surface area (Å²) in [5, 5.41) is 10.1. The maximum absolute atomic E-state index is 10.1. The molecule has 0 spiro atoms. The van der Waals surface area contributed by atoms with Crippen LogP contribution in [0.25, 0.3) is 0 Å². The number of piperidine rings is 1. The maximum Gasteiger partial charge on any atom is 0.243 e. The van der Waals surface area contributed by atoms with Crippen molar-refractivity contribution in [3.8, 4) is 0 Å². The molecule has 3 rings (SSSR count). The second-order valence-electron chi connectivity index (χ2n) is 6.12. The van der Waals surface area contributed by atoms with Crippen LogP contribution in [0.1, 0.15) is 32.6 Å². The van der Waals surface area contributed by atoms with Crippen LogP contribution in [-0.2, 0) is 0 Å². The summed E-state index contributed by atoms with van der Waals surface area (Å²) in [4.78, 5) is 17.4. The first-order valence-electron chi connectivity index (χ1n) is 7.52. The van der Waals surface area contributed by atoms with Gasteiger partial charge in [0.25, 0.3) is 0 Å². The third-order valence-corrected chi connectivity index (χ3v) is 4.11. The van der Waals surface area contributed by atoms with Gasteiger partial charge in [-0.15, -0.1) is 0 Å². The van der Waals surface area contributed by atoms with Gasteiger partial charge in [-0.25, -0.2) is 5.84 Å². The van der Waals surface area contributed by atoms with Crippen LogP contribution < -0.4 is 21.1 Å². The molecule has 0 amide bonds. The summed E-state index contributed by atoms with van der Waals surface area (Å²) in [5.41, 5.74) is 1.83. The smallest absolute Gasteiger partial charge is 0.243 e. The van der Waals surface area contributed by atoms with Gasteiger partial charge in [0, 0.05) is 26.2 Å². The minimum Gasteiger partial charge on any atom is -0.388 e. The molecule has 116 valence electrons. The van der Waals surface area contributed by atoms with Gasteiger partial charge in [-0.05, 0) is 32.6 Å². The Morgan fingerprint density at radius 3 is 2.29 bits per heavy atom. The van der Waals surface area contributed by atoms with Gasteiger partial charge in [-0.1, -0.05) is 0 Å².